The predicted molar refractivity (Wildman–Crippen MR) is 104 cm³/mol. The molecule has 1 aliphatic heterocycles. The molecule has 1 aromatic carbocycles. The van der Waals surface area contributed by atoms with Gasteiger partial charge in [0.15, 0.2) is 0 Å². The number of carbonyl (C=O) groups excluding carboxylic acids is 1. The summed E-state index contributed by atoms with van der Waals surface area (Å²) in [5, 5.41) is 8.36. The first-order valence-electron chi connectivity index (χ1n) is 7.60. The minimum Gasteiger partial charge on any atom is -0.489 e. The molecule has 1 saturated heterocycles. The molecule has 130 valence electrons. The number of amides is 1. The Morgan fingerprint density at radius 3 is 2.96 bits per heavy atom. The van der Waals surface area contributed by atoms with Crippen molar-refractivity contribution in [2.75, 3.05) is 13.1 Å². The summed E-state index contributed by atoms with van der Waals surface area (Å²) in [5.74, 6) is 0.714. The van der Waals surface area contributed by atoms with Crippen LogP contribution in [0.3, 0.4) is 0 Å². The topological polar surface area (TPSA) is 50.4 Å². The van der Waals surface area contributed by atoms with E-state index in [1.807, 2.05) is 31.2 Å². The molecule has 0 bridgehead atoms. The molecule has 0 radical (unpaired) electrons. The summed E-state index contributed by atoms with van der Waals surface area (Å²) >= 11 is 5.09. The first-order chi connectivity index (χ1) is 11.1. The summed E-state index contributed by atoms with van der Waals surface area (Å²) in [5.41, 5.74) is 2.79. The fourth-order valence-corrected chi connectivity index (χ4v) is 3.72. The molecule has 1 fully saturated rings. The van der Waals surface area contributed by atoms with E-state index in [0.29, 0.717) is 12.2 Å². The molecule has 1 atom stereocenters. The molecule has 1 amide bonds. The number of aryl methyl sites for hydroxylation is 1. The lowest BCUT2D eigenvalue weighted by atomic mass is 10.1. The van der Waals surface area contributed by atoms with Gasteiger partial charge < -0.3 is 15.4 Å². The lowest BCUT2D eigenvalue weighted by Gasteiger charge is -2.13. The molecular weight excluding hydrogens is 412 g/mol. The molecule has 3 rings (SSSR count). The van der Waals surface area contributed by atoms with Crippen LogP contribution in [0.5, 0.6) is 5.75 Å². The minimum atomic E-state index is -0.0400. The molecule has 0 saturated carbocycles. The van der Waals surface area contributed by atoms with E-state index < -0.39 is 0 Å². The number of ether oxygens (including phenoxy) is 1. The molecule has 7 heteroatoms. The summed E-state index contributed by atoms with van der Waals surface area (Å²) in [6.45, 7) is 4.29. The van der Waals surface area contributed by atoms with Gasteiger partial charge in [-0.2, -0.15) is 0 Å². The molecule has 1 aliphatic rings. The van der Waals surface area contributed by atoms with Crippen molar-refractivity contribution in [3.8, 4) is 5.75 Å². The van der Waals surface area contributed by atoms with Crippen LogP contribution < -0.4 is 15.4 Å². The third-order valence-corrected chi connectivity index (χ3v) is 5.42. The van der Waals surface area contributed by atoms with Crippen LogP contribution in [0.4, 0.5) is 0 Å². The van der Waals surface area contributed by atoms with E-state index in [1.165, 1.54) is 0 Å². The number of thiophene rings is 1. The lowest BCUT2D eigenvalue weighted by Crippen LogP contribution is -2.36. The van der Waals surface area contributed by atoms with Crippen LogP contribution in [-0.4, -0.2) is 25.0 Å². The van der Waals surface area contributed by atoms with Crippen LogP contribution in [0.1, 0.15) is 27.9 Å². The van der Waals surface area contributed by atoms with Gasteiger partial charge >= 0.3 is 0 Å². The van der Waals surface area contributed by atoms with Crippen LogP contribution in [0, 0.1) is 6.92 Å². The molecule has 4 nitrogen and oxygen atoms in total. The molecular formula is C17H20BrClN2O2S. The van der Waals surface area contributed by atoms with E-state index in [0.717, 1.165) is 40.2 Å². The second kappa shape index (κ2) is 8.85. The molecule has 24 heavy (non-hydrogen) atoms. The number of nitrogens with one attached hydrogen (secondary N) is 2. The largest absolute Gasteiger partial charge is 0.489 e. The second-order valence-corrected chi connectivity index (χ2v) is 7.98. The number of hydrogen-bond donors (Lipinski definition) is 2. The average Bonchev–Trinajstić information content (AvgIpc) is 3.18. The molecule has 0 aliphatic carbocycles. The maximum absolute atomic E-state index is 12.3. The van der Waals surface area contributed by atoms with Gasteiger partial charge in [-0.25, -0.2) is 0 Å². The molecule has 2 N–H and O–H groups in total. The number of halogens is 2. The van der Waals surface area contributed by atoms with Gasteiger partial charge in [0, 0.05) is 23.7 Å². The van der Waals surface area contributed by atoms with Crippen molar-refractivity contribution in [2.24, 2.45) is 0 Å². The van der Waals surface area contributed by atoms with Gasteiger partial charge in [0.05, 0.1) is 3.79 Å². The first-order valence-corrected chi connectivity index (χ1v) is 9.27. The zero-order valence-electron chi connectivity index (χ0n) is 13.3. The van der Waals surface area contributed by atoms with Crippen LogP contribution in [0.2, 0.25) is 0 Å². The molecule has 1 aromatic heterocycles. The van der Waals surface area contributed by atoms with Gasteiger partial charge in [0.1, 0.15) is 12.4 Å². The van der Waals surface area contributed by atoms with Crippen molar-refractivity contribution in [1.82, 2.24) is 10.6 Å². The summed E-state index contributed by atoms with van der Waals surface area (Å²) in [4.78, 5) is 12.3. The van der Waals surface area contributed by atoms with Crippen molar-refractivity contribution in [1.29, 1.82) is 0 Å². The van der Waals surface area contributed by atoms with Crippen LogP contribution in [-0.2, 0) is 6.61 Å². The van der Waals surface area contributed by atoms with Gasteiger partial charge in [-0.3, -0.25) is 4.79 Å². The molecule has 1 unspecified atom stereocenters. The third kappa shape index (κ3) is 4.96. The van der Waals surface area contributed by atoms with Crippen molar-refractivity contribution in [2.45, 2.75) is 26.0 Å². The van der Waals surface area contributed by atoms with Crippen molar-refractivity contribution in [3.63, 3.8) is 0 Å². The van der Waals surface area contributed by atoms with Crippen LogP contribution in [0.25, 0.3) is 0 Å². The predicted octanol–water partition coefficient (Wildman–Crippen LogP) is 3.91. The van der Waals surface area contributed by atoms with Gasteiger partial charge in [0.25, 0.3) is 5.91 Å². The third-order valence-electron chi connectivity index (χ3n) is 3.86. The number of hydrogen-bond acceptors (Lipinski definition) is 4. The Labute approximate surface area is 160 Å². The summed E-state index contributed by atoms with van der Waals surface area (Å²) in [6.07, 6.45) is 0.980. The Bertz CT molecular complexity index is 702. The summed E-state index contributed by atoms with van der Waals surface area (Å²) < 4.78 is 6.98. The normalized spacial score (nSPS) is 16.5. The summed E-state index contributed by atoms with van der Waals surface area (Å²) in [7, 11) is 0. The Balaban J connectivity index is 0.00000208. The second-order valence-electron chi connectivity index (χ2n) is 5.69. The van der Waals surface area contributed by atoms with E-state index in [9.17, 15) is 4.79 Å². The van der Waals surface area contributed by atoms with Gasteiger partial charge in [-0.1, -0.05) is 6.07 Å². The Morgan fingerprint density at radius 1 is 1.46 bits per heavy atom. The SMILES string of the molecule is Cc1ccc(C(=O)NC2CCNC2)cc1OCc1csc(Br)c1.Cl. The lowest BCUT2D eigenvalue weighted by molar-refractivity contribution is 0.0939. The van der Waals surface area contributed by atoms with Crippen molar-refractivity contribution in [3.05, 3.63) is 50.1 Å². The Morgan fingerprint density at radius 2 is 2.29 bits per heavy atom. The fraction of sp³-hybridized carbons (Fsp3) is 0.353. The molecule has 0 spiro atoms. The number of carbonyl (C=O) groups is 1. The highest BCUT2D eigenvalue weighted by Crippen LogP contribution is 2.24. The average molecular weight is 432 g/mol. The smallest absolute Gasteiger partial charge is 0.251 e. The standard InChI is InChI=1S/C17H19BrN2O2S.ClH/c1-11-2-3-13(17(21)20-14-4-5-19-8-14)7-15(11)22-9-12-6-16(18)23-10-12;/h2-3,6-7,10,14,19H,4-5,8-9H2,1H3,(H,20,21);1H. The van der Waals surface area contributed by atoms with E-state index in [4.69, 9.17) is 4.74 Å². The van der Waals surface area contributed by atoms with Gasteiger partial charge in [-0.15, -0.1) is 23.7 Å². The zero-order chi connectivity index (χ0) is 16.2. The van der Waals surface area contributed by atoms with E-state index >= 15 is 0 Å². The minimum absolute atomic E-state index is 0. The molecule has 2 aromatic rings. The van der Waals surface area contributed by atoms with E-state index in [-0.39, 0.29) is 24.4 Å². The van der Waals surface area contributed by atoms with Crippen molar-refractivity contribution < 1.29 is 9.53 Å². The van der Waals surface area contributed by atoms with Gasteiger partial charge in [-0.05, 0) is 65.0 Å². The highest BCUT2D eigenvalue weighted by molar-refractivity contribution is 9.11. The van der Waals surface area contributed by atoms with Crippen molar-refractivity contribution >= 4 is 45.6 Å². The summed E-state index contributed by atoms with van der Waals surface area (Å²) in [6, 6.07) is 7.87. The Kier molecular flexibility index (Phi) is 7.10. The highest BCUT2D eigenvalue weighted by atomic mass is 79.9. The fourth-order valence-electron chi connectivity index (χ4n) is 2.53. The van der Waals surface area contributed by atoms with Crippen LogP contribution >= 0.6 is 39.7 Å². The van der Waals surface area contributed by atoms with E-state index in [2.05, 4.69) is 31.9 Å². The van der Waals surface area contributed by atoms with E-state index in [1.54, 1.807) is 11.3 Å². The molecule has 2 heterocycles. The van der Waals surface area contributed by atoms with Gasteiger partial charge in [0.2, 0.25) is 0 Å². The quantitative estimate of drug-likeness (QED) is 0.754. The Hall–Kier alpha value is -1.08. The zero-order valence-corrected chi connectivity index (χ0v) is 16.5. The maximum Gasteiger partial charge on any atom is 0.251 e. The maximum atomic E-state index is 12.3. The monoisotopic (exact) mass is 430 g/mol. The number of benzene rings is 1. The highest BCUT2D eigenvalue weighted by Gasteiger charge is 2.18. The van der Waals surface area contributed by atoms with Crippen LogP contribution in [0.15, 0.2) is 33.4 Å². The first kappa shape index (κ1) is 19.2. The number of rotatable bonds is 5.